The normalized spacial score (nSPS) is 14.6. The fraction of sp³-hybridized carbons (Fsp3) is 0.500. The third-order valence-electron chi connectivity index (χ3n) is 3.32. The summed E-state index contributed by atoms with van der Waals surface area (Å²) in [4.78, 5) is 0. The van der Waals surface area contributed by atoms with E-state index in [0.717, 1.165) is 24.1 Å². The Hall–Kier alpha value is -1.39. The standard InChI is InChI=1S/C16H22FNO2/c1-4-8-18-16(11(3)19-5-2)15-10-12-9-13(17)6-7-14(12)20-15/h6-7,9-11,16,18H,4-5,8H2,1-3H3. The van der Waals surface area contributed by atoms with Crippen molar-refractivity contribution in [3.05, 3.63) is 35.8 Å². The molecule has 1 heterocycles. The highest BCUT2D eigenvalue weighted by atomic mass is 19.1. The van der Waals surface area contributed by atoms with Crippen molar-refractivity contribution in [3.8, 4) is 0 Å². The van der Waals surface area contributed by atoms with E-state index >= 15 is 0 Å². The van der Waals surface area contributed by atoms with E-state index in [1.54, 1.807) is 6.07 Å². The van der Waals surface area contributed by atoms with Gasteiger partial charge < -0.3 is 14.5 Å². The van der Waals surface area contributed by atoms with Gasteiger partial charge in [0.15, 0.2) is 0 Å². The van der Waals surface area contributed by atoms with Gasteiger partial charge in [-0.3, -0.25) is 0 Å². The lowest BCUT2D eigenvalue weighted by molar-refractivity contribution is 0.0418. The number of halogens is 1. The summed E-state index contributed by atoms with van der Waals surface area (Å²) < 4.78 is 24.8. The molecule has 4 heteroatoms. The number of hydrogen-bond acceptors (Lipinski definition) is 3. The molecule has 2 rings (SSSR count). The minimum Gasteiger partial charge on any atom is -0.459 e. The van der Waals surface area contributed by atoms with Crippen molar-refractivity contribution < 1.29 is 13.5 Å². The minimum atomic E-state index is -0.249. The third kappa shape index (κ3) is 3.38. The predicted octanol–water partition coefficient (Wildman–Crippen LogP) is 4.04. The van der Waals surface area contributed by atoms with Crippen molar-refractivity contribution in [1.29, 1.82) is 0 Å². The van der Waals surface area contributed by atoms with Gasteiger partial charge in [-0.2, -0.15) is 0 Å². The first-order chi connectivity index (χ1) is 9.65. The van der Waals surface area contributed by atoms with E-state index in [1.165, 1.54) is 12.1 Å². The molecule has 0 bridgehead atoms. The van der Waals surface area contributed by atoms with Crippen LogP contribution in [0.5, 0.6) is 0 Å². The molecule has 2 unspecified atom stereocenters. The summed E-state index contributed by atoms with van der Waals surface area (Å²) >= 11 is 0. The highest BCUT2D eigenvalue weighted by Crippen LogP contribution is 2.27. The molecule has 3 nitrogen and oxygen atoms in total. The molecular weight excluding hydrogens is 257 g/mol. The molecule has 1 aromatic carbocycles. The lowest BCUT2D eigenvalue weighted by Gasteiger charge is -2.23. The van der Waals surface area contributed by atoms with Crippen molar-refractivity contribution in [2.75, 3.05) is 13.2 Å². The number of ether oxygens (including phenoxy) is 1. The Balaban J connectivity index is 2.29. The van der Waals surface area contributed by atoms with Crippen LogP contribution in [0.25, 0.3) is 11.0 Å². The fourth-order valence-electron chi connectivity index (χ4n) is 2.34. The Bertz CT molecular complexity index is 552. The van der Waals surface area contributed by atoms with Crippen LogP contribution in [0.4, 0.5) is 4.39 Å². The number of benzene rings is 1. The summed E-state index contributed by atoms with van der Waals surface area (Å²) in [6.45, 7) is 7.64. The van der Waals surface area contributed by atoms with E-state index in [2.05, 4.69) is 12.2 Å². The van der Waals surface area contributed by atoms with Gasteiger partial charge in [0.2, 0.25) is 0 Å². The topological polar surface area (TPSA) is 34.4 Å². The van der Waals surface area contributed by atoms with E-state index in [1.807, 2.05) is 19.9 Å². The van der Waals surface area contributed by atoms with Gasteiger partial charge in [0.05, 0.1) is 12.1 Å². The molecule has 0 radical (unpaired) electrons. The number of hydrogen-bond donors (Lipinski definition) is 1. The summed E-state index contributed by atoms with van der Waals surface area (Å²) in [5.41, 5.74) is 0.702. The fourth-order valence-corrected chi connectivity index (χ4v) is 2.34. The van der Waals surface area contributed by atoms with Gasteiger partial charge in [-0.15, -0.1) is 0 Å². The van der Waals surface area contributed by atoms with Crippen LogP contribution in [0.1, 0.15) is 39.0 Å². The number of rotatable bonds is 7. The quantitative estimate of drug-likeness (QED) is 0.830. The number of furan rings is 1. The molecule has 0 spiro atoms. The Kier molecular flexibility index (Phi) is 5.15. The maximum Gasteiger partial charge on any atom is 0.134 e. The van der Waals surface area contributed by atoms with Crippen molar-refractivity contribution in [1.82, 2.24) is 5.32 Å². The van der Waals surface area contributed by atoms with E-state index in [9.17, 15) is 4.39 Å². The minimum absolute atomic E-state index is 0.00282. The summed E-state index contributed by atoms with van der Waals surface area (Å²) in [6.07, 6.45) is 1.03. The van der Waals surface area contributed by atoms with Crippen molar-refractivity contribution in [2.45, 2.75) is 39.3 Å². The first kappa shape index (κ1) is 15.0. The zero-order valence-corrected chi connectivity index (χ0v) is 12.3. The predicted molar refractivity (Wildman–Crippen MR) is 78.3 cm³/mol. The zero-order valence-electron chi connectivity index (χ0n) is 12.3. The third-order valence-corrected chi connectivity index (χ3v) is 3.32. The van der Waals surface area contributed by atoms with E-state index in [0.29, 0.717) is 12.2 Å². The van der Waals surface area contributed by atoms with Crippen molar-refractivity contribution in [3.63, 3.8) is 0 Å². The van der Waals surface area contributed by atoms with E-state index < -0.39 is 0 Å². The average Bonchev–Trinajstić information content (AvgIpc) is 2.82. The van der Waals surface area contributed by atoms with Crippen LogP contribution in [-0.2, 0) is 4.74 Å². The van der Waals surface area contributed by atoms with Crippen LogP contribution in [0.2, 0.25) is 0 Å². The molecule has 0 amide bonds. The van der Waals surface area contributed by atoms with Crippen LogP contribution in [-0.4, -0.2) is 19.3 Å². The summed E-state index contributed by atoms with van der Waals surface area (Å²) in [6, 6.07) is 6.43. The van der Waals surface area contributed by atoms with Gasteiger partial charge in [0.1, 0.15) is 17.2 Å². The molecule has 2 atom stereocenters. The second kappa shape index (κ2) is 6.86. The van der Waals surface area contributed by atoms with Crippen LogP contribution in [0.3, 0.4) is 0 Å². The van der Waals surface area contributed by atoms with Gasteiger partial charge in [-0.25, -0.2) is 4.39 Å². The van der Waals surface area contributed by atoms with Crippen molar-refractivity contribution >= 4 is 11.0 Å². The first-order valence-electron chi connectivity index (χ1n) is 7.19. The summed E-state index contributed by atoms with van der Waals surface area (Å²) in [5, 5.41) is 4.22. The van der Waals surface area contributed by atoms with Gasteiger partial charge >= 0.3 is 0 Å². The number of fused-ring (bicyclic) bond motifs is 1. The molecule has 0 aliphatic rings. The summed E-state index contributed by atoms with van der Waals surface area (Å²) in [5.74, 6) is 0.542. The first-order valence-corrected chi connectivity index (χ1v) is 7.19. The van der Waals surface area contributed by atoms with E-state index in [-0.39, 0.29) is 18.0 Å². The largest absolute Gasteiger partial charge is 0.459 e. The maximum absolute atomic E-state index is 13.2. The van der Waals surface area contributed by atoms with Crippen molar-refractivity contribution in [2.24, 2.45) is 0 Å². The highest BCUT2D eigenvalue weighted by Gasteiger charge is 2.22. The lowest BCUT2D eigenvalue weighted by Crippen LogP contribution is -2.32. The number of nitrogens with one attached hydrogen (secondary N) is 1. The maximum atomic E-state index is 13.2. The Morgan fingerprint density at radius 2 is 2.10 bits per heavy atom. The molecule has 110 valence electrons. The zero-order chi connectivity index (χ0) is 14.5. The molecule has 2 aromatic rings. The second-order valence-corrected chi connectivity index (χ2v) is 4.92. The van der Waals surface area contributed by atoms with Gasteiger partial charge in [-0.1, -0.05) is 6.92 Å². The monoisotopic (exact) mass is 279 g/mol. The van der Waals surface area contributed by atoms with Crippen LogP contribution in [0, 0.1) is 5.82 Å². The Morgan fingerprint density at radius 3 is 2.80 bits per heavy atom. The second-order valence-electron chi connectivity index (χ2n) is 4.92. The highest BCUT2D eigenvalue weighted by molar-refractivity contribution is 5.78. The smallest absolute Gasteiger partial charge is 0.134 e. The SMILES string of the molecule is CCCNC(c1cc2cc(F)ccc2o1)C(C)OCC. The average molecular weight is 279 g/mol. The summed E-state index contributed by atoms with van der Waals surface area (Å²) in [7, 11) is 0. The van der Waals surface area contributed by atoms with Crippen LogP contribution < -0.4 is 5.32 Å². The molecule has 0 aliphatic heterocycles. The molecule has 1 N–H and O–H groups in total. The Morgan fingerprint density at radius 1 is 1.30 bits per heavy atom. The molecular formula is C16H22FNO2. The molecule has 20 heavy (non-hydrogen) atoms. The molecule has 0 fully saturated rings. The lowest BCUT2D eigenvalue weighted by atomic mass is 10.1. The van der Waals surface area contributed by atoms with Crippen LogP contribution >= 0.6 is 0 Å². The molecule has 0 aliphatic carbocycles. The van der Waals surface area contributed by atoms with Gasteiger partial charge in [0.25, 0.3) is 0 Å². The Labute approximate surface area is 119 Å². The van der Waals surface area contributed by atoms with Gasteiger partial charge in [0, 0.05) is 12.0 Å². The molecule has 0 saturated heterocycles. The molecule has 1 aromatic heterocycles. The van der Waals surface area contributed by atoms with E-state index in [4.69, 9.17) is 9.15 Å². The molecule has 0 saturated carbocycles. The van der Waals surface area contributed by atoms with Crippen LogP contribution in [0.15, 0.2) is 28.7 Å². The van der Waals surface area contributed by atoms with Gasteiger partial charge in [-0.05, 0) is 51.1 Å².